The van der Waals surface area contributed by atoms with E-state index in [9.17, 15) is 8.78 Å². The Kier molecular flexibility index (Phi) is 4.85. The molecule has 7 heteroatoms. The van der Waals surface area contributed by atoms with Crippen molar-refractivity contribution >= 4 is 28.1 Å². The first-order valence-corrected chi connectivity index (χ1v) is 8.88. The molecule has 140 valence electrons. The maximum absolute atomic E-state index is 13.1. The predicted octanol–water partition coefficient (Wildman–Crippen LogP) is 4.54. The van der Waals surface area contributed by atoms with Crippen LogP contribution in [0.15, 0.2) is 48.5 Å². The average Bonchev–Trinajstić information content (AvgIpc) is 2.69. The van der Waals surface area contributed by atoms with E-state index in [1.807, 2.05) is 36.4 Å². The molecule has 27 heavy (non-hydrogen) atoms. The number of hydrogen-bond acceptors (Lipinski definition) is 5. The maximum Gasteiger partial charge on any atom is 0.297 e. The van der Waals surface area contributed by atoms with Gasteiger partial charge in [-0.05, 0) is 43.3 Å². The molecule has 2 heterocycles. The van der Waals surface area contributed by atoms with Crippen molar-refractivity contribution in [2.24, 2.45) is 0 Å². The summed E-state index contributed by atoms with van der Waals surface area (Å²) >= 11 is 0. The zero-order chi connectivity index (χ0) is 18.8. The number of nitrogens with zero attached hydrogens (tertiary/aromatic N) is 3. The van der Waals surface area contributed by atoms with Crippen LogP contribution in [0.5, 0.6) is 0 Å². The van der Waals surface area contributed by atoms with Gasteiger partial charge in [-0.1, -0.05) is 12.1 Å². The standard InChI is InChI=1S/C20H20F2N4O/c1-13-12-27-11-10-26(13)15-8-6-14(7-9-15)23-19-16-4-2-3-5-17(16)24-20(25-19)18(21)22/h2-9,13,18H,10-12H2,1H3,(H,23,24,25). The van der Waals surface area contributed by atoms with Gasteiger partial charge in [-0.15, -0.1) is 0 Å². The number of alkyl halides is 2. The topological polar surface area (TPSA) is 50.3 Å². The zero-order valence-corrected chi connectivity index (χ0v) is 14.9. The molecule has 5 nitrogen and oxygen atoms in total. The van der Waals surface area contributed by atoms with Crippen LogP contribution in [0.4, 0.5) is 26.0 Å². The van der Waals surface area contributed by atoms with Crippen LogP contribution in [0.25, 0.3) is 10.9 Å². The molecule has 1 saturated heterocycles. The van der Waals surface area contributed by atoms with Crippen molar-refractivity contribution in [3.05, 3.63) is 54.4 Å². The Labute approximate surface area is 156 Å². The van der Waals surface area contributed by atoms with E-state index in [2.05, 4.69) is 27.1 Å². The first-order valence-electron chi connectivity index (χ1n) is 8.88. The van der Waals surface area contributed by atoms with Gasteiger partial charge < -0.3 is 15.0 Å². The Morgan fingerprint density at radius 1 is 1.11 bits per heavy atom. The fraction of sp³-hybridized carbons (Fsp3) is 0.300. The summed E-state index contributed by atoms with van der Waals surface area (Å²) in [6, 6.07) is 15.3. The van der Waals surface area contributed by atoms with E-state index in [0.717, 1.165) is 17.9 Å². The second-order valence-corrected chi connectivity index (χ2v) is 6.54. The van der Waals surface area contributed by atoms with Crippen molar-refractivity contribution in [1.82, 2.24) is 9.97 Å². The van der Waals surface area contributed by atoms with Crippen molar-refractivity contribution < 1.29 is 13.5 Å². The molecule has 4 rings (SSSR count). The largest absolute Gasteiger partial charge is 0.377 e. The van der Waals surface area contributed by atoms with E-state index in [1.165, 1.54) is 0 Å². The van der Waals surface area contributed by atoms with Crippen LogP contribution in [0.2, 0.25) is 0 Å². The van der Waals surface area contributed by atoms with Crippen molar-refractivity contribution in [3.63, 3.8) is 0 Å². The van der Waals surface area contributed by atoms with Gasteiger partial charge in [0.25, 0.3) is 6.43 Å². The number of aromatic nitrogens is 2. The van der Waals surface area contributed by atoms with Crippen molar-refractivity contribution in [2.45, 2.75) is 19.4 Å². The zero-order valence-electron chi connectivity index (χ0n) is 14.9. The molecule has 1 N–H and O–H groups in total. The van der Waals surface area contributed by atoms with E-state index in [-0.39, 0.29) is 0 Å². The molecule has 1 aliphatic rings. The third-order valence-electron chi connectivity index (χ3n) is 4.65. The minimum absolute atomic E-state index is 0.317. The molecule has 1 aromatic heterocycles. The van der Waals surface area contributed by atoms with Gasteiger partial charge >= 0.3 is 0 Å². The molecule has 0 aliphatic carbocycles. The van der Waals surface area contributed by atoms with E-state index in [1.54, 1.807) is 12.1 Å². The Balaban J connectivity index is 1.62. The number of fused-ring (bicyclic) bond motifs is 1. The monoisotopic (exact) mass is 370 g/mol. The molecule has 3 aromatic rings. The summed E-state index contributed by atoms with van der Waals surface area (Å²) in [5.41, 5.74) is 2.38. The van der Waals surface area contributed by atoms with Crippen molar-refractivity contribution in [3.8, 4) is 0 Å². The van der Waals surface area contributed by atoms with Gasteiger partial charge in [-0.2, -0.15) is 0 Å². The van der Waals surface area contributed by atoms with Gasteiger partial charge in [-0.25, -0.2) is 18.7 Å². The summed E-state index contributed by atoms with van der Waals surface area (Å²) in [5, 5.41) is 3.86. The van der Waals surface area contributed by atoms with E-state index >= 15 is 0 Å². The molecule has 0 radical (unpaired) electrons. The van der Waals surface area contributed by atoms with Gasteiger partial charge in [0, 0.05) is 29.3 Å². The highest BCUT2D eigenvalue weighted by atomic mass is 19.3. The molecular formula is C20H20F2N4O. The highest BCUT2D eigenvalue weighted by Gasteiger charge is 2.19. The van der Waals surface area contributed by atoms with Gasteiger partial charge in [0.15, 0.2) is 5.82 Å². The maximum atomic E-state index is 13.1. The van der Waals surface area contributed by atoms with Crippen LogP contribution >= 0.6 is 0 Å². The van der Waals surface area contributed by atoms with Gasteiger partial charge in [0.05, 0.1) is 18.7 Å². The number of rotatable bonds is 4. The lowest BCUT2D eigenvalue weighted by atomic mass is 10.2. The number of para-hydroxylation sites is 1. The van der Waals surface area contributed by atoms with Crippen LogP contribution in [-0.2, 0) is 4.74 Å². The van der Waals surface area contributed by atoms with Gasteiger partial charge in [0.1, 0.15) is 5.82 Å². The lowest BCUT2D eigenvalue weighted by Gasteiger charge is -2.35. The fourth-order valence-electron chi connectivity index (χ4n) is 3.27. The highest BCUT2D eigenvalue weighted by molar-refractivity contribution is 5.90. The Morgan fingerprint density at radius 2 is 1.89 bits per heavy atom. The summed E-state index contributed by atoms with van der Waals surface area (Å²) in [7, 11) is 0. The normalized spacial score (nSPS) is 17.5. The third kappa shape index (κ3) is 3.68. The minimum Gasteiger partial charge on any atom is -0.377 e. The summed E-state index contributed by atoms with van der Waals surface area (Å²) in [4.78, 5) is 10.3. The number of benzene rings is 2. The van der Waals surface area contributed by atoms with E-state index in [0.29, 0.717) is 36.0 Å². The SMILES string of the molecule is CC1COCCN1c1ccc(Nc2nc(C(F)F)nc3ccccc23)cc1. The Morgan fingerprint density at radius 3 is 2.63 bits per heavy atom. The molecule has 1 unspecified atom stereocenters. The van der Waals surface area contributed by atoms with Crippen molar-refractivity contribution in [1.29, 1.82) is 0 Å². The quantitative estimate of drug-likeness (QED) is 0.731. The number of morpholine rings is 1. The molecule has 0 spiro atoms. The molecule has 0 saturated carbocycles. The summed E-state index contributed by atoms with van der Waals surface area (Å²) in [6.45, 7) is 4.41. The highest BCUT2D eigenvalue weighted by Crippen LogP contribution is 2.28. The van der Waals surface area contributed by atoms with Crippen LogP contribution in [-0.4, -0.2) is 35.8 Å². The number of anilines is 3. The van der Waals surface area contributed by atoms with Crippen molar-refractivity contribution in [2.75, 3.05) is 30.0 Å². The first kappa shape index (κ1) is 17.6. The lowest BCUT2D eigenvalue weighted by molar-refractivity contribution is 0.0989. The number of halogens is 2. The molecule has 2 aromatic carbocycles. The fourth-order valence-corrected chi connectivity index (χ4v) is 3.27. The van der Waals surface area contributed by atoms with Gasteiger partial charge in [-0.3, -0.25) is 0 Å². The summed E-state index contributed by atoms with van der Waals surface area (Å²) in [5.74, 6) is -0.0987. The first-order chi connectivity index (χ1) is 13.1. The number of nitrogens with one attached hydrogen (secondary N) is 1. The number of ether oxygens (including phenoxy) is 1. The van der Waals surface area contributed by atoms with Crippen LogP contribution < -0.4 is 10.2 Å². The van der Waals surface area contributed by atoms with Crippen LogP contribution in [0.3, 0.4) is 0 Å². The van der Waals surface area contributed by atoms with E-state index < -0.39 is 12.2 Å². The second kappa shape index (κ2) is 7.44. The van der Waals surface area contributed by atoms with E-state index in [4.69, 9.17) is 4.74 Å². The van der Waals surface area contributed by atoms with Crippen LogP contribution in [0.1, 0.15) is 19.2 Å². The summed E-state index contributed by atoms with van der Waals surface area (Å²) in [6.07, 6.45) is -2.72. The molecule has 1 aliphatic heterocycles. The predicted molar refractivity (Wildman–Crippen MR) is 102 cm³/mol. The number of hydrogen-bond donors (Lipinski definition) is 1. The lowest BCUT2D eigenvalue weighted by Crippen LogP contribution is -2.43. The third-order valence-corrected chi connectivity index (χ3v) is 4.65. The smallest absolute Gasteiger partial charge is 0.297 e. The second-order valence-electron chi connectivity index (χ2n) is 6.54. The van der Waals surface area contributed by atoms with Gasteiger partial charge in [0.2, 0.25) is 0 Å². The minimum atomic E-state index is -2.72. The molecule has 1 fully saturated rings. The molecule has 0 amide bonds. The van der Waals surface area contributed by atoms with Crippen LogP contribution in [0, 0.1) is 0 Å². The molecule has 0 bridgehead atoms. The Hall–Kier alpha value is -2.80. The molecule has 1 atom stereocenters. The average molecular weight is 370 g/mol. The Bertz CT molecular complexity index is 933. The molecular weight excluding hydrogens is 350 g/mol. The summed E-state index contributed by atoms with van der Waals surface area (Å²) < 4.78 is 31.8.